The van der Waals surface area contributed by atoms with Gasteiger partial charge < -0.3 is 19.9 Å². The van der Waals surface area contributed by atoms with E-state index in [9.17, 15) is 4.79 Å². The van der Waals surface area contributed by atoms with Crippen LogP contribution in [-0.4, -0.2) is 55.6 Å². The number of nitrogens with zero attached hydrogens (tertiary/aromatic N) is 3. The minimum absolute atomic E-state index is 0.0648. The van der Waals surface area contributed by atoms with Crippen molar-refractivity contribution in [2.45, 2.75) is 6.92 Å². The van der Waals surface area contributed by atoms with E-state index < -0.39 is 0 Å². The van der Waals surface area contributed by atoms with Gasteiger partial charge in [-0.25, -0.2) is 4.98 Å². The molecule has 29 heavy (non-hydrogen) atoms. The average Bonchev–Trinajstić information content (AvgIpc) is 3.12. The normalized spacial score (nSPS) is 14.9. The molecule has 4 rings (SSSR count). The SMILES string of the molecule is Cc1cc(N2CCN(C)CC2)nc2ccc(NC(=O)COc3csc(Cl)c3)cc12. The van der Waals surface area contributed by atoms with E-state index in [1.165, 1.54) is 11.3 Å². The molecule has 0 saturated carbocycles. The maximum Gasteiger partial charge on any atom is 0.262 e. The van der Waals surface area contributed by atoms with Gasteiger partial charge in [-0.1, -0.05) is 11.6 Å². The first-order valence-corrected chi connectivity index (χ1v) is 10.8. The van der Waals surface area contributed by atoms with E-state index in [2.05, 4.69) is 35.2 Å². The summed E-state index contributed by atoms with van der Waals surface area (Å²) >= 11 is 7.24. The summed E-state index contributed by atoms with van der Waals surface area (Å²) in [6.45, 7) is 6.08. The third kappa shape index (κ3) is 4.80. The molecule has 152 valence electrons. The van der Waals surface area contributed by atoms with Crippen LogP contribution in [0.3, 0.4) is 0 Å². The van der Waals surface area contributed by atoms with Crippen LogP contribution in [0.5, 0.6) is 5.75 Å². The lowest BCUT2D eigenvalue weighted by molar-refractivity contribution is -0.118. The molecule has 2 aromatic heterocycles. The van der Waals surface area contributed by atoms with Crippen LogP contribution < -0.4 is 15.0 Å². The van der Waals surface area contributed by atoms with Gasteiger partial charge in [0.1, 0.15) is 11.6 Å². The van der Waals surface area contributed by atoms with Gasteiger partial charge in [0.15, 0.2) is 6.61 Å². The fourth-order valence-corrected chi connectivity index (χ4v) is 4.16. The molecule has 6 nitrogen and oxygen atoms in total. The Morgan fingerprint density at radius 2 is 2.03 bits per heavy atom. The van der Waals surface area contributed by atoms with Gasteiger partial charge in [-0.15, -0.1) is 11.3 Å². The van der Waals surface area contributed by atoms with Gasteiger partial charge in [-0.3, -0.25) is 4.79 Å². The summed E-state index contributed by atoms with van der Waals surface area (Å²) in [5.41, 5.74) is 2.80. The Morgan fingerprint density at radius 3 is 2.76 bits per heavy atom. The van der Waals surface area contributed by atoms with Crippen LogP contribution >= 0.6 is 22.9 Å². The first-order chi connectivity index (χ1) is 14.0. The minimum atomic E-state index is -0.216. The largest absolute Gasteiger partial charge is 0.483 e. The number of anilines is 2. The van der Waals surface area contributed by atoms with E-state index in [0.29, 0.717) is 10.1 Å². The minimum Gasteiger partial charge on any atom is -0.483 e. The van der Waals surface area contributed by atoms with Gasteiger partial charge in [-0.05, 0) is 43.8 Å². The highest BCUT2D eigenvalue weighted by Crippen LogP contribution is 2.27. The topological polar surface area (TPSA) is 57.7 Å². The number of nitrogens with one attached hydrogen (secondary N) is 1. The number of carbonyl (C=O) groups excluding carboxylic acids is 1. The summed E-state index contributed by atoms with van der Waals surface area (Å²) in [4.78, 5) is 21.7. The monoisotopic (exact) mass is 430 g/mol. The van der Waals surface area contributed by atoms with Crippen molar-refractivity contribution < 1.29 is 9.53 Å². The molecule has 1 amide bonds. The summed E-state index contributed by atoms with van der Waals surface area (Å²) in [5, 5.41) is 5.69. The Kier molecular flexibility index (Phi) is 5.89. The van der Waals surface area contributed by atoms with E-state index in [1.807, 2.05) is 18.2 Å². The summed E-state index contributed by atoms with van der Waals surface area (Å²) in [7, 11) is 2.15. The Morgan fingerprint density at radius 1 is 1.24 bits per heavy atom. The predicted octanol–water partition coefficient (Wildman–Crippen LogP) is 4.03. The lowest BCUT2D eigenvalue weighted by Gasteiger charge is -2.33. The second-order valence-electron chi connectivity index (χ2n) is 7.24. The Balaban J connectivity index is 1.45. The van der Waals surface area contributed by atoms with E-state index in [4.69, 9.17) is 21.3 Å². The van der Waals surface area contributed by atoms with Crippen molar-refractivity contribution in [3.63, 3.8) is 0 Å². The molecule has 0 bridgehead atoms. The van der Waals surface area contributed by atoms with Gasteiger partial charge in [0.25, 0.3) is 5.91 Å². The highest BCUT2D eigenvalue weighted by molar-refractivity contribution is 7.14. The van der Waals surface area contributed by atoms with Crippen molar-refractivity contribution in [3.8, 4) is 5.75 Å². The number of rotatable bonds is 5. The molecule has 1 fully saturated rings. The summed E-state index contributed by atoms with van der Waals surface area (Å²) < 4.78 is 6.09. The number of likely N-dealkylation sites (N-methyl/N-ethyl adjacent to an activating group) is 1. The van der Waals surface area contributed by atoms with Gasteiger partial charge >= 0.3 is 0 Å². The van der Waals surface area contributed by atoms with Crippen molar-refractivity contribution in [2.24, 2.45) is 0 Å². The van der Waals surface area contributed by atoms with Gasteiger partial charge in [0.2, 0.25) is 0 Å². The van der Waals surface area contributed by atoms with E-state index in [-0.39, 0.29) is 12.5 Å². The fourth-order valence-electron chi connectivity index (χ4n) is 3.37. The summed E-state index contributed by atoms with van der Waals surface area (Å²) in [6.07, 6.45) is 0. The van der Waals surface area contributed by atoms with Crippen LogP contribution in [0.1, 0.15) is 5.56 Å². The lowest BCUT2D eigenvalue weighted by atomic mass is 10.1. The molecule has 0 radical (unpaired) electrons. The zero-order chi connectivity index (χ0) is 20.4. The molecule has 0 unspecified atom stereocenters. The van der Waals surface area contributed by atoms with Gasteiger partial charge in [0, 0.05) is 48.7 Å². The first-order valence-electron chi connectivity index (χ1n) is 9.49. The molecule has 1 N–H and O–H groups in total. The third-order valence-corrected chi connectivity index (χ3v) is 6.10. The van der Waals surface area contributed by atoms with Crippen LogP contribution in [0, 0.1) is 6.92 Å². The van der Waals surface area contributed by atoms with Crippen LogP contribution in [0.15, 0.2) is 35.7 Å². The molecule has 0 aliphatic carbocycles. The van der Waals surface area contributed by atoms with E-state index >= 15 is 0 Å². The first kappa shape index (κ1) is 19.9. The number of benzene rings is 1. The van der Waals surface area contributed by atoms with Gasteiger partial charge in [-0.2, -0.15) is 0 Å². The van der Waals surface area contributed by atoms with E-state index in [1.54, 1.807) is 11.4 Å². The van der Waals surface area contributed by atoms with Crippen molar-refractivity contribution in [2.75, 3.05) is 50.1 Å². The number of thiophene rings is 1. The summed E-state index contributed by atoms with van der Waals surface area (Å²) in [5.74, 6) is 1.40. The standard InChI is InChI=1S/C21H23ClN4O2S/c1-14-9-20(26-7-5-25(2)6-8-26)24-18-4-3-15(10-17(14)18)23-21(27)12-28-16-11-19(22)29-13-16/h3-4,9-11,13H,5-8,12H2,1-2H3,(H,23,27). The number of halogens is 1. The fraction of sp³-hybridized carbons (Fsp3) is 0.333. The molecule has 1 saturated heterocycles. The molecule has 0 atom stereocenters. The second kappa shape index (κ2) is 8.57. The second-order valence-corrected chi connectivity index (χ2v) is 8.79. The molecule has 0 spiro atoms. The molecule has 1 aliphatic rings. The highest BCUT2D eigenvalue weighted by Gasteiger charge is 2.16. The van der Waals surface area contributed by atoms with Crippen molar-refractivity contribution in [1.82, 2.24) is 9.88 Å². The maximum absolute atomic E-state index is 12.2. The number of carbonyl (C=O) groups is 1. The number of amides is 1. The number of hydrogen-bond donors (Lipinski definition) is 1. The van der Waals surface area contributed by atoms with Crippen molar-refractivity contribution in [3.05, 3.63) is 45.6 Å². The van der Waals surface area contributed by atoms with Crippen molar-refractivity contribution >= 4 is 51.3 Å². The van der Waals surface area contributed by atoms with Crippen LogP contribution in [0.2, 0.25) is 4.34 Å². The predicted molar refractivity (Wildman–Crippen MR) is 120 cm³/mol. The van der Waals surface area contributed by atoms with Crippen LogP contribution in [-0.2, 0) is 4.79 Å². The Hall–Kier alpha value is -2.35. The van der Waals surface area contributed by atoms with E-state index in [0.717, 1.165) is 54.2 Å². The third-order valence-electron chi connectivity index (χ3n) is 5.03. The van der Waals surface area contributed by atoms with Gasteiger partial charge in [0.05, 0.1) is 9.85 Å². The molecule has 3 heterocycles. The molecule has 1 aromatic carbocycles. The smallest absolute Gasteiger partial charge is 0.262 e. The lowest BCUT2D eigenvalue weighted by Crippen LogP contribution is -2.44. The Bertz CT molecular complexity index is 1030. The Labute approximate surface area is 179 Å². The van der Waals surface area contributed by atoms with Crippen LogP contribution in [0.4, 0.5) is 11.5 Å². The quantitative estimate of drug-likeness (QED) is 0.662. The van der Waals surface area contributed by atoms with Crippen LogP contribution in [0.25, 0.3) is 10.9 Å². The zero-order valence-electron chi connectivity index (χ0n) is 16.4. The highest BCUT2D eigenvalue weighted by atomic mass is 35.5. The number of fused-ring (bicyclic) bond motifs is 1. The number of ether oxygens (including phenoxy) is 1. The average molecular weight is 431 g/mol. The number of aryl methyl sites for hydroxylation is 1. The molecule has 3 aromatic rings. The van der Waals surface area contributed by atoms with Crippen molar-refractivity contribution in [1.29, 1.82) is 0 Å². The zero-order valence-corrected chi connectivity index (χ0v) is 18.0. The molecule has 8 heteroatoms. The maximum atomic E-state index is 12.2. The molecular weight excluding hydrogens is 408 g/mol. The summed E-state index contributed by atoms with van der Waals surface area (Å²) in [6, 6.07) is 9.62. The number of aromatic nitrogens is 1. The molecular formula is C21H23ClN4O2S. The number of pyridine rings is 1. The molecule has 1 aliphatic heterocycles. The number of piperazine rings is 1. The number of hydrogen-bond acceptors (Lipinski definition) is 6.